The minimum atomic E-state index is -1.16. The average Bonchev–Trinajstić information content (AvgIpc) is 1.83. The van der Waals surface area contributed by atoms with Crippen molar-refractivity contribution in [2.75, 3.05) is 0 Å². The Kier molecular flexibility index (Phi) is 4.04. The molecular formula is C8H12O4. The van der Waals surface area contributed by atoms with Gasteiger partial charge < -0.3 is 10.2 Å². The molecule has 68 valence electrons. The SMILES string of the molecule is CC(C)/C=C(/CC(=O)O)C(=O)O. The zero-order chi connectivity index (χ0) is 9.72. The number of carbonyl (C=O) groups is 2. The van der Waals surface area contributed by atoms with Crippen molar-refractivity contribution in [2.24, 2.45) is 5.92 Å². The third-order valence-corrected chi connectivity index (χ3v) is 1.15. The van der Waals surface area contributed by atoms with Crippen LogP contribution in [0.2, 0.25) is 0 Å². The van der Waals surface area contributed by atoms with Crippen molar-refractivity contribution in [1.29, 1.82) is 0 Å². The quantitative estimate of drug-likeness (QED) is 0.623. The van der Waals surface area contributed by atoms with Crippen molar-refractivity contribution in [3.8, 4) is 0 Å². The molecule has 0 amide bonds. The van der Waals surface area contributed by atoms with Crippen LogP contribution in [0.1, 0.15) is 20.3 Å². The van der Waals surface area contributed by atoms with E-state index >= 15 is 0 Å². The van der Waals surface area contributed by atoms with Crippen LogP contribution in [-0.2, 0) is 9.59 Å². The van der Waals surface area contributed by atoms with Crippen LogP contribution < -0.4 is 0 Å². The van der Waals surface area contributed by atoms with Crippen molar-refractivity contribution < 1.29 is 19.8 Å². The second-order valence-corrected chi connectivity index (χ2v) is 2.81. The predicted molar refractivity (Wildman–Crippen MR) is 42.8 cm³/mol. The summed E-state index contributed by atoms with van der Waals surface area (Å²) in [5.74, 6) is -2.23. The van der Waals surface area contributed by atoms with E-state index < -0.39 is 18.4 Å². The summed E-state index contributed by atoms with van der Waals surface area (Å²) in [5, 5.41) is 16.9. The summed E-state index contributed by atoms with van der Waals surface area (Å²) in [6, 6.07) is 0. The van der Waals surface area contributed by atoms with Gasteiger partial charge in [0.1, 0.15) is 0 Å². The maximum absolute atomic E-state index is 10.4. The maximum Gasteiger partial charge on any atom is 0.331 e. The minimum absolute atomic E-state index is 0.0513. The summed E-state index contributed by atoms with van der Waals surface area (Å²) in [6.45, 7) is 3.59. The van der Waals surface area contributed by atoms with E-state index in [1.807, 2.05) is 0 Å². The van der Waals surface area contributed by atoms with Gasteiger partial charge in [-0.1, -0.05) is 19.9 Å². The van der Waals surface area contributed by atoms with Crippen LogP contribution in [0.25, 0.3) is 0 Å². The van der Waals surface area contributed by atoms with Crippen molar-refractivity contribution in [2.45, 2.75) is 20.3 Å². The highest BCUT2D eigenvalue weighted by molar-refractivity contribution is 5.92. The van der Waals surface area contributed by atoms with Crippen molar-refractivity contribution in [3.63, 3.8) is 0 Å². The van der Waals surface area contributed by atoms with Crippen LogP contribution in [0.4, 0.5) is 0 Å². The fraction of sp³-hybridized carbons (Fsp3) is 0.500. The Labute approximate surface area is 70.5 Å². The molecule has 0 saturated carbocycles. The molecule has 0 heterocycles. The molecule has 0 aromatic heterocycles. The largest absolute Gasteiger partial charge is 0.481 e. The molecular weight excluding hydrogens is 160 g/mol. The summed E-state index contributed by atoms with van der Waals surface area (Å²) >= 11 is 0. The lowest BCUT2D eigenvalue weighted by molar-refractivity contribution is -0.139. The number of hydrogen-bond acceptors (Lipinski definition) is 2. The molecule has 12 heavy (non-hydrogen) atoms. The molecule has 0 radical (unpaired) electrons. The molecule has 0 aliphatic heterocycles. The number of allylic oxidation sites excluding steroid dienone is 1. The number of hydrogen-bond donors (Lipinski definition) is 2. The van der Waals surface area contributed by atoms with E-state index in [0.717, 1.165) is 0 Å². The molecule has 4 heteroatoms. The number of aliphatic carboxylic acids is 2. The fourth-order valence-corrected chi connectivity index (χ4v) is 0.771. The lowest BCUT2D eigenvalue weighted by Crippen LogP contribution is -2.07. The van der Waals surface area contributed by atoms with E-state index in [2.05, 4.69) is 0 Å². The highest BCUT2D eigenvalue weighted by Gasteiger charge is 2.11. The Bertz CT molecular complexity index is 215. The number of carboxylic acids is 2. The Morgan fingerprint density at radius 2 is 1.83 bits per heavy atom. The Morgan fingerprint density at radius 1 is 1.33 bits per heavy atom. The van der Waals surface area contributed by atoms with E-state index in [9.17, 15) is 9.59 Å². The number of rotatable bonds is 4. The molecule has 0 aromatic rings. The molecule has 0 aromatic carbocycles. The normalized spacial score (nSPS) is 11.8. The first kappa shape index (κ1) is 10.7. The Hall–Kier alpha value is -1.32. The summed E-state index contributed by atoms with van der Waals surface area (Å²) in [6.07, 6.45) is 1.02. The molecule has 0 saturated heterocycles. The second kappa shape index (κ2) is 4.54. The first-order chi connectivity index (χ1) is 5.43. The number of carboxylic acid groups (broad SMARTS) is 2. The van der Waals surface area contributed by atoms with E-state index in [1.54, 1.807) is 13.8 Å². The van der Waals surface area contributed by atoms with E-state index in [4.69, 9.17) is 10.2 Å². The van der Waals surface area contributed by atoms with Crippen LogP contribution in [-0.4, -0.2) is 22.2 Å². The highest BCUT2D eigenvalue weighted by atomic mass is 16.4. The topological polar surface area (TPSA) is 74.6 Å². The molecule has 0 spiro atoms. The lowest BCUT2D eigenvalue weighted by atomic mass is 10.1. The van der Waals surface area contributed by atoms with Crippen LogP contribution in [0.15, 0.2) is 11.6 Å². The molecule has 4 nitrogen and oxygen atoms in total. The van der Waals surface area contributed by atoms with E-state index in [0.29, 0.717) is 0 Å². The van der Waals surface area contributed by atoms with Gasteiger partial charge in [0.2, 0.25) is 0 Å². The Balaban J connectivity index is 4.44. The first-order valence-electron chi connectivity index (χ1n) is 3.59. The Morgan fingerprint density at radius 3 is 2.08 bits per heavy atom. The smallest absolute Gasteiger partial charge is 0.331 e. The van der Waals surface area contributed by atoms with Crippen molar-refractivity contribution >= 4 is 11.9 Å². The lowest BCUT2D eigenvalue weighted by Gasteiger charge is -2.00. The molecule has 0 bridgehead atoms. The second-order valence-electron chi connectivity index (χ2n) is 2.81. The van der Waals surface area contributed by atoms with Gasteiger partial charge in [0.15, 0.2) is 0 Å². The van der Waals surface area contributed by atoms with E-state index in [1.165, 1.54) is 6.08 Å². The first-order valence-corrected chi connectivity index (χ1v) is 3.59. The third-order valence-electron chi connectivity index (χ3n) is 1.15. The van der Waals surface area contributed by atoms with Crippen LogP contribution >= 0.6 is 0 Å². The summed E-state index contributed by atoms with van der Waals surface area (Å²) in [7, 11) is 0. The van der Waals surface area contributed by atoms with Crippen LogP contribution in [0.3, 0.4) is 0 Å². The molecule has 0 aliphatic carbocycles. The van der Waals surface area contributed by atoms with Gasteiger partial charge in [0, 0.05) is 5.57 Å². The summed E-state index contributed by atoms with van der Waals surface area (Å²) < 4.78 is 0. The molecule has 0 aliphatic rings. The van der Waals surface area contributed by atoms with Gasteiger partial charge >= 0.3 is 11.9 Å². The third kappa shape index (κ3) is 4.49. The highest BCUT2D eigenvalue weighted by Crippen LogP contribution is 2.06. The van der Waals surface area contributed by atoms with Gasteiger partial charge in [0.05, 0.1) is 6.42 Å². The monoisotopic (exact) mass is 172 g/mol. The average molecular weight is 172 g/mol. The predicted octanol–water partition coefficient (Wildman–Crippen LogP) is 1.13. The molecule has 0 atom stereocenters. The van der Waals surface area contributed by atoms with Gasteiger partial charge in [-0.25, -0.2) is 4.79 Å². The van der Waals surface area contributed by atoms with Gasteiger partial charge in [-0.05, 0) is 5.92 Å². The van der Waals surface area contributed by atoms with Gasteiger partial charge in [-0.3, -0.25) is 4.79 Å². The minimum Gasteiger partial charge on any atom is -0.481 e. The van der Waals surface area contributed by atoms with Crippen molar-refractivity contribution in [1.82, 2.24) is 0 Å². The van der Waals surface area contributed by atoms with Gasteiger partial charge in [0.25, 0.3) is 0 Å². The molecule has 0 unspecified atom stereocenters. The van der Waals surface area contributed by atoms with Gasteiger partial charge in [-0.15, -0.1) is 0 Å². The van der Waals surface area contributed by atoms with Crippen LogP contribution in [0.5, 0.6) is 0 Å². The van der Waals surface area contributed by atoms with E-state index in [-0.39, 0.29) is 11.5 Å². The van der Waals surface area contributed by atoms with Gasteiger partial charge in [-0.2, -0.15) is 0 Å². The summed E-state index contributed by atoms with van der Waals surface area (Å²) in [5.41, 5.74) is -0.0579. The zero-order valence-electron chi connectivity index (χ0n) is 7.07. The molecule has 0 rings (SSSR count). The summed E-state index contributed by atoms with van der Waals surface area (Å²) in [4.78, 5) is 20.6. The standard InChI is InChI=1S/C8H12O4/c1-5(2)3-6(8(11)12)4-7(9)10/h3,5H,4H2,1-2H3,(H,9,10)(H,11,12)/b6-3-. The molecule has 0 fully saturated rings. The maximum atomic E-state index is 10.4. The fourth-order valence-electron chi connectivity index (χ4n) is 0.771. The van der Waals surface area contributed by atoms with Crippen molar-refractivity contribution in [3.05, 3.63) is 11.6 Å². The zero-order valence-corrected chi connectivity index (χ0v) is 7.07. The van der Waals surface area contributed by atoms with Crippen LogP contribution in [0, 0.1) is 5.92 Å². The molecule has 2 N–H and O–H groups in total.